The van der Waals surface area contributed by atoms with Crippen molar-refractivity contribution in [2.45, 2.75) is 6.04 Å². The summed E-state index contributed by atoms with van der Waals surface area (Å²) in [7, 11) is 0. The third kappa shape index (κ3) is 2.01. The lowest BCUT2D eigenvalue weighted by atomic mass is 10.1. The summed E-state index contributed by atoms with van der Waals surface area (Å²) in [5, 5.41) is 9.75. The topological polar surface area (TPSA) is 61.2 Å². The van der Waals surface area contributed by atoms with Crippen molar-refractivity contribution in [1.29, 1.82) is 0 Å². The number of rotatable bonds is 2. The zero-order chi connectivity index (χ0) is 15.2. The summed E-state index contributed by atoms with van der Waals surface area (Å²) in [4.78, 5) is 5.53. The van der Waals surface area contributed by atoms with E-state index in [0.29, 0.717) is 0 Å². The highest BCUT2D eigenvalue weighted by molar-refractivity contribution is 7.10. The third-order valence-corrected chi connectivity index (χ3v) is 4.87. The van der Waals surface area contributed by atoms with Crippen molar-refractivity contribution in [3.05, 3.63) is 58.6 Å². The fourth-order valence-electron chi connectivity index (χ4n) is 2.83. The maximum atomic E-state index is 5.48. The molecule has 0 spiro atoms. The van der Waals surface area contributed by atoms with E-state index < -0.39 is 0 Å². The smallest absolute Gasteiger partial charge is 0.231 e. The van der Waals surface area contributed by atoms with Crippen LogP contribution in [0.1, 0.15) is 16.5 Å². The van der Waals surface area contributed by atoms with Crippen molar-refractivity contribution in [3.63, 3.8) is 0 Å². The molecular formula is C16H12N4O2S. The number of benzene rings is 1. The number of nitrogens with zero attached hydrogens (tertiary/aromatic N) is 3. The summed E-state index contributed by atoms with van der Waals surface area (Å²) >= 11 is 1.71. The predicted octanol–water partition coefficient (Wildman–Crippen LogP) is 3.12. The summed E-state index contributed by atoms with van der Waals surface area (Å²) in [5.74, 6) is 2.28. The lowest BCUT2D eigenvalue weighted by Crippen LogP contribution is -2.19. The number of aromatic nitrogens is 3. The van der Waals surface area contributed by atoms with Gasteiger partial charge < -0.3 is 14.8 Å². The van der Waals surface area contributed by atoms with Crippen LogP contribution in [0.5, 0.6) is 11.5 Å². The first-order valence-corrected chi connectivity index (χ1v) is 8.08. The predicted molar refractivity (Wildman–Crippen MR) is 86.6 cm³/mol. The van der Waals surface area contributed by atoms with Crippen LogP contribution in [0.2, 0.25) is 0 Å². The Kier molecular flexibility index (Phi) is 2.68. The Morgan fingerprint density at radius 2 is 2.17 bits per heavy atom. The summed E-state index contributed by atoms with van der Waals surface area (Å²) in [5.41, 5.74) is 2.02. The fraction of sp³-hybridized carbons (Fsp3) is 0.125. The Balaban J connectivity index is 1.60. The third-order valence-electron chi connectivity index (χ3n) is 3.93. The number of fused-ring (bicyclic) bond motifs is 2. The van der Waals surface area contributed by atoms with Gasteiger partial charge in [0.05, 0.1) is 0 Å². The molecule has 0 fully saturated rings. The summed E-state index contributed by atoms with van der Waals surface area (Å²) < 4.78 is 12.7. The number of hydrogen-bond donors (Lipinski definition) is 1. The van der Waals surface area contributed by atoms with Crippen LogP contribution in [0.25, 0.3) is 5.70 Å². The molecule has 2 aromatic heterocycles. The summed E-state index contributed by atoms with van der Waals surface area (Å²) in [6.07, 6.45) is 3.73. The largest absolute Gasteiger partial charge is 0.454 e. The molecule has 23 heavy (non-hydrogen) atoms. The van der Waals surface area contributed by atoms with Crippen LogP contribution >= 0.6 is 11.3 Å². The Bertz CT molecular complexity index is 901. The van der Waals surface area contributed by atoms with Crippen LogP contribution in [-0.4, -0.2) is 21.6 Å². The Hall–Kier alpha value is -2.80. The van der Waals surface area contributed by atoms with E-state index in [9.17, 15) is 0 Å². The van der Waals surface area contributed by atoms with Crippen molar-refractivity contribution in [2.75, 3.05) is 12.1 Å². The molecule has 114 valence electrons. The van der Waals surface area contributed by atoms with Crippen molar-refractivity contribution in [1.82, 2.24) is 14.8 Å². The van der Waals surface area contributed by atoms with Gasteiger partial charge in [-0.1, -0.05) is 6.07 Å². The molecule has 1 unspecified atom stereocenters. The van der Waals surface area contributed by atoms with Gasteiger partial charge in [-0.3, -0.25) is 0 Å². The maximum Gasteiger partial charge on any atom is 0.231 e. The Morgan fingerprint density at radius 3 is 3.09 bits per heavy atom. The number of thiophene rings is 1. The van der Waals surface area contributed by atoms with E-state index in [1.54, 1.807) is 17.7 Å². The highest BCUT2D eigenvalue weighted by atomic mass is 32.1. The molecule has 1 atom stereocenters. The molecule has 0 aliphatic carbocycles. The van der Waals surface area contributed by atoms with Gasteiger partial charge in [0.25, 0.3) is 0 Å². The molecule has 0 saturated heterocycles. The monoisotopic (exact) mass is 324 g/mol. The molecule has 7 heteroatoms. The molecule has 3 aromatic rings. The van der Waals surface area contributed by atoms with Crippen LogP contribution < -0.4 is 14.8 Å². The second-order valence-electron chi connectivity index (χ2n) is 5.26. The summed E-state index contributed by atoms with van der Waals surface area (Å²) in [6, 6.07) is 10.1. The number of hydrogen-bond acceptors (Lipinski definition) is 6. The molecule has 0 radical (unpaired) electrons. The highest BCUT2D eigenvalue weighted by Gasteiger charge is 2.25. The maximum absolute atomic E-state index is 5.48. The van der Waals surface area contributed by atoms with Gasteiger partial charge in [-0.15, -0.1) is 11.3 Å². The van der Waals surface area contributed by atoms with Crippen LogP contribution in [-0.2, 0) is 0 Å². The second-order valence-corrected chi connectivity index (χ2v) is 6.24. The van der Waals surface area contributed by atoms with Crippen LogP contribution in [0, 0.1) is 0 Å². The van der Waals surface area contributed by atoms with Gasteiger partial charge in [0.2, 0.25) is 12.7 Å². The number of nitrogens with one attached hydrogen (secondary N) is 1. The lowest BCUT2D eigenvalue weighted by Gasteiger charge is -2.23. The molecule has 4 heterocycles. The van der Waals surface area contributed by atoms with Crippen LogP contribution in [0.3, 0.4) is 0 Å². The molecule has 1 N–H and O–H groups in total. The van der Waals surface area contributed by atoms with Gasteiger partial charge in [-0.25, -0.2) is 4.68 Å². The average molecular weight is 324 g/mol. The van der Waals surface area contributed by atoms with E-state index in [4.69, 9.17) is 9.47 Å². The number of ether oxygens (including phenoxy) is 2. The van der Waals surface area contributed by atoms with E-state index >= 15 is 0 Å². The molecule has 6 nitrogen and oxygen atoms in total. The average Bonchev–Trinajstić information content (AvgIpc) is 3.32. The van der Waals surface area contributed by atoms with Gasteiger partial charge in [-0.2, -0.15) is 10.1 Å². The summed E-state index contributed by atoms with van der Waals surface area (Å²) in [6.45, 7) is 0.275. The highest BCUT2D eigenvalue weighted by Crippen LogP contribution is 2.38. The molecule has 0 amide bonds. The molecule has 0 bridgehead atoms. The van der Waals surface area contributed by atoms with E-state index in [1.807, 2.05) is 28.9 Å². The normalized spacial score (nSPS) is 18.3. The van der Waals surface area contributed by atoms with Gasteiger partial charge in [0.15, 0.2) is 11.5 Å². The van der Waals surface area contributed by atoms with Crippen LogP contribution in [0.4, 0.5) is 5.95 Å². The molecule has 1 aromatic carbocycles. The van der Waals surface area contributed by atoms with E-state index in [0.717, 1.165) is 28.7 Å². The molecular weight excluding hydrogens is 312 g/mol. The van der Waals surface area contributed by atoms with E-state index in [1.165, 1.54) is 4.88 Å². The first kappa shape index (κ1) is 12.7. The van der Waals surface area contributed by atoms with Crippen molar-refractivity contribution < 1.29 is 9.47 Å². The van der Waals surface area contributed by atoms with Gasteiger partial charge in [-0.05, 0) is 35.7 Å². The standard InChI is InChI=1S/C16H12N4O2S/c1-2-15(23-5-1)12-7-11(19-16-17-8-18-20(12)16)10-3-4-13-14(6-10)22-9-21-13/h1-8,12H,9H2,(H,17,18,19). The first-order chi connectivity index (χ1) is 11.4. The fourth-order valence-corrected chi connectivity index (χ4v) is 3.61. The van der Waals surface area contributed by atoms with Gasteiger partial charge >= 0.3 is 0 Å². The quantitative estimate of drug-likeness (QED) is 0.785. The van der Waals surface area contributed by atoms with Gasteiger partial charge in [0, 0.05) is 16.1 Å². The molecule has 0 saturated carbocycles. The lowest BCUT2D eigenvalue weighted by molar-refractivity contribution is 0.174. The molecule has 5 rings (SSSR count). The minimum Gasteiger partial charge on any atom is -0.454 e. The molecule has 2 aliphatic rings. The van der Waals surface area contributed by atoms with E-state index in [2.05, 4.69) is 32.9 Å². The van der Waals surface area contributed by atoms with Crippen molar-refractivity contribution in [3.8, 4) is 11.5 Å². The van der Waals surface area contributed by atoms with Crippen molar-refractivity contribution >= 4 is 23.0 Å². The SMILES string of the molecule is C1=C(c2ccc3c(c2)OCO3)Nc2ncnn2C1c1cccs1. The van der Waals surface area contributed by atoms with Crippen molar-refractivity contribution in [2.24, 2.45) is 0 Å². The minimum absolute atomic E-state index is 0.0363. The first-order valence-electron chi connectivity index (χ1n) is 7.20. The molecule has 2 aliphatic heterocycles. The Morgan fingerprint density at radius 1 is 1.22 bits per heavy atom. The van der Waals surface area contributed by atoms with E-state index in [-0.39, 0.29) is 12.8 Å². The Labute approximate surface area is 136 Å². The zero-order valence-corrected chi connectivity index (χ0v) is 12.8. The second kappa shape index (κ2) is 4.85. The van der Waals surface area contributed by atoms with Gasteiger partial charge in [0.1, 0.15) is 12.4 Å². The number of anilines is 1. The van der Waals surface area contributed by atoms with Crippen LogP contribution in [0.15, 0.2) is 48.1 Å². The minimum atomic E-state index is 0.0363. The number of allylic oxidation sites excluding steroid dienone is 1. The zero-order valence-electron chi connectivity index (χ0n) is 12.0.